The Labute approximate surface area is 261 Å². The van der Waals surface area contributed by atoms with E-state index in [0.717, 1.165) is 28.8 Å². The lowest BCUT2D eigenvalue weighted by molar-refractivity contribution is -0.751. The summed E-state index contributed by atoms with van der Waals surface area (Å²) in [5.74, 6) is -3.03. The van der Waals surface area contributed by atoms with Crippen LogP contribution in [0.3, 0.4) is 0 Å². The number of nitrogens with two attached hydrogens (primary N) is 1. The Hall–Kier alpha value is -4.13. The maximum Gasteiger partial charge on any atom is 0.418 e. The average molecular weight is 666 g/mol. The fourth-order valence-corrected chi connectivity index (χ4v) is 6.27. The van der Waals surface area contributed by atoms with Gasteiger partial charge < -0.3 is 20.4 Å². The number of carboxylic acid groups (broad SMARTS) is 1. The molecule has 45 heavy (non-hydrogen) atoms. The summed E-state index contributed by atoms with van der Waals surface area (Å²) in [4.78, 5) is 47.2. The number of ether oxygens (including phenoxy) is 1. The summed E-state index contributed by atoms with van der Waals surface area (Å²) in [5.41, 5.74) is 5.05. The zero-order valence-electron chi connectivity index (χ0n) is 24.7. The van der Waals surface area contributed by atoms with E-state index in [1.54, 1.807) is 12.1 Å². The Morgan fingerprint density at radius 1 is 1.31 bits per heavy atom. The second-order valence-electron chi connectivity index (χ2n) is 11.5. The lowest BCUT2D eigenvalue weighted by Crippen LogP contribution is -2.68. The third kappa shape index (κ3) is 6.92. The fraction of sp³-hybridized carbons (Fsp3) is 0.481. The molecule has 0 spiro atoms. The molecule has 1 aliphatic heterocycles. The minimum Gasteiger partial charge on any atom is -0.489 e. The van der Waals surface area contributed by atoms with Crippen LogP contribution in [0.2, 0.25) is 0 Å². The number of anilines is 1. The molecule has 1 aromatic carbocycles. The zero-order chi connectivity index (χ0) is 32.7. The van der Waals surface area contributed by atoms with Crippen LogP contribution in [0.1, 0.15) is 45.2 Å². The van der Waals surface area contributed by atoms with Gasteiger partial charge in [0.15, 0.2) is 23.7 Å². The Morgan fingerprint density at radius 2 is 2.04 bits per heavy atom. The minimum atomic E-state index is -4.98. The van der Waals surface area contributed by atoms with Crippen molar-refractivity contribution in [2.45, 2.75) is 57.7 Å². The van der Waals surface area contributed by atoms with Gasteiger partial charge in [0.25, 0.3) is 12.0 Å². The van der Waals surface area contributed by atoms with Crippen LogP contribution in [0.25, 0.3) is 10.9 Å². The molecule has 1 saturated carbocycles. The normalized spacial score (nSPS) is 19.2. The van der Waals surface area contributed by atoms with Gasteiger partial charge in [-0.25, -0.2) is 9.78 Å². The maximum absolute atomic E-state index is 13.3. The summed E-state index contributed by atoms with van der Waals surface area (Å²) in [6.45, 7) is 3.34. The van der Waals surface area contributed by atoms with Crippen molar-refractivity contribution >= 4 is 61.1 Å². The van der Waals surface area contributed by atoms with Crippen LogP contribution in [0.5, 0.6) is 5.75 Å². The number of thiazole rings is 1. The van der Waals surface area contributed by atoms with Gasteiger partial charge in [0.05, 0.1) is 23.4 Å². The summed E-state index contributed by atoms with van der Waals surface area (Å²) >= 11 is 0.999. The second kappa shape index (κ2) is 12.3. The first-order valence-corrected chi connectivity index (χ1v) is 16.2. The molecule has 3 heterocycles. The number of nitrogen functional groups attached to an aromatic ring is 1. The monoisotopic (exact) mass is 665 g/mol. The van der Waals surface area contributed by atoms with E-state index in [2.05, 4.69) is 19.1 Å². The third-order valence-electron chi connectivity index (χ3n) is 8.05. The molecule has 2 aromatic heterocycles. The molecule has 1 saturated heterocycles. The molecule has 1 aliphatic carbocycles. The number of ketones is 1. The predicted octanol–water partition coefficient (Wildman–Crippen LogP) is 1.49. The first-order chi connectivity index (χ1) is 21.1. The SMILES string of the molecule is C[n+]1cc2cc(OC[C@@H](O/N=C(\C(=O)C[C@@H]3C(=O)N(OS(=O)(=O)O)C3(C)C)c3csc(N)n3)C(=O)O)ccc2n1CC1CCC1. The molecule has 1 amide bonds. The number of hydrogen-bond donors (Lipinski definition) is 3. The molecule has 0 bridgehead atoms. The number of amides is 1. The Bertz CT molecular complexity index is 1780. The topological polar surface area (TPSA) is 217 Å². The van der Waals surface area contributed by atoms with Crippen LogP contribution in [0.4, 0.5) is 5.13 Å². The Balaban J connectivity index is 1.29. The van der Waals surface area contributed by atoms with E-state index in [4.69, 9.17) is 19.9 Å². The van der Waals surface area contributed by atoms with Crippen molar-refractivity contribution in [2.24, 2.45) is 24.0 Å². The standard InChI is InChI=1S/C27H32N6O10S2/c1-27(2)18(24(35)33(27)43-45(38,39)40)10-21(34)23(19-14-44-26(28)29-19)30-42-22(25(36)37)13-41-17-7-8-20-16(9-17)12-31(3)32(20)11-15-5-4-6-15/h7-9,12,14-15,18,22H,4-6,10-11,13H2,1-3H3,(H3-,28,29,36,37,38,39,40)/p+1/b30-23-/t18-,22-/m1/s1. The van der Waals surface area contributed by atoms with Crippen molar-refractivity contribution in [2.75, 3.05) is 12.3 Å². The third-order valence-corrected chi connectivity index (χ3v) is 9.06. The summed E-state index contributed by atoms with van der Waals surface area (Å²) in [6, 6.07) is 5.45. The summed E-state index contributed by atoms with van der Waals surface area (Å²) in [5, 5.41) is 16.5. The van der Waals surface area contributed by atoms with E-state index in [1.807, 2.05) is 24.0 Å². The number of Topliss-reactive ketones (excluding diaryl/α,β-unsaturated/α-hetero) is 1. The molecular formula is C27H33N6O10S2+. The number of carbonyl (C=O) groups excluding carboxylic acids is 2. The number of fused-ring (bicyclic) bond motifs is 1. The quantitative estimate of drug-likeness (QED) is 0.0734. The number of hydrogen-bond acceptors (Lipinski definition) is 12. The van der Waals surface area contributed by atoms with E-state index >= 15 is 0 Å². The van der Waals surface area contributed by atoms with Crippen LogP contribution in [0.15, 0.2) is 34.9 Å². The predicted molar refractivity (Wildman–Crippen MR) is 158 cm³/mol. The highest BCUT2D eigenvalue weighted by Gasteiger charge is 2.57. The number of aliphatic carboxylic acids is 1. The highest BCUT2D eigenvalue weighted by Crippen LogP contribution is 2.40. The van der Waals surface area contributed by atoms with E-state index in [0.29, 0.717) is 16.7 Å². The molecule has 2 atom stereocenters. The molecule has 5 rings (SSSR count). The van der Waals surface area contributed by atoms with Crippen LogP contribution >= 0.6 is 11.3 Å². The zero-order valence-corrected chi connectivity index (χ0v) is 26.3. The molecule has 18 heteroatoms. The summed E-state index contributed by atoms with van der Waals surface area (Å²) < 4.78 is 45.5. The molecule has 2 fully saturated rings. The number of benzene rings is 1. The van der Waals surface area contributed by atoms with Crippen LogP contribution in [-0.4, -0.2) is 74.4 Å². The van der Waals surface area contributed by atoms with Gasteiger partial charge in [0, 0.05) is 11.8 Å². The largest absolute Gasteiger partial charge is 0.489 e. The van der Waals surface area contributed by atoms with E-state index in [9.17, 15) is 27.9 Å². The lowest BCUT2D eigenvalue weighted by atomic mass is 9.74. The van der Waals surface area contributed by atoms with Gasteiger partial charge in [-0.3, -0.25) is 14.1 Å². The Morgan fingerprint density at radius 3 is 2.62 bits per heavy atom. The smallest absolute Gasteiger partial charge is 0.418 e. The van der Waals surface area contributed by atoms with E-state index in [-0.39, 0.29) is 10.8 Å². The summed E-state index contributed by atoms with van der Waals surface area (Å²) in [6.07, 6.45) is 3.54. The number of rotatable bonds is 14. The van der Waals surface area contributed by atoms with Gasteiger partial charge in [-0.15, -0.1) is 20.3 Å². The molecular weight excluding hydrogens is 632 g/mol. The van der Waals surface area contributed by atoms with Crippen molar-refractivity contribution in [1.82, 2.24) is 14.7 Å². The van der Waals surface area contributed by atoms with Crippen molar-refractivity contribution < 1.29 is 51.0 Å². The first-order valence-electron chi connectivity index (χ1n) is 14.0. The average Bonchev–Trinajstić information content (AvgIpc) is 3.50. The van der Waals surface area contributed by atoms with Gasteiger partial charge >= 0.3 is 16.4 Å². The first kappa shape index (κ1) is 32.3. The summed E-state index contributed by atoms with van der Waals surface area (Å²) in [7, 11) is -3.02. The molecule has 16 nitrogen and oxygen atoms in total. The Kier molecular flexibility index (Phi) is 8.85. The highest BCUT2D eigenvalue weighted by molar-refractivity contribution is 7.80. The molecule has 0 unspecified atom stereocenters. The van der Waals surface area contributed by atoms with E-state index in [1.165, 1.54) is 38.5 Å². The van der Waals surface area contributed by atoms with Gasteiger partial charge in [0.1, 0.15) is 23.6 Å². The molecule has 2 aliphatic rings. The maximum atomic E-state index is 13.3. The molecule has 3 aromatic rings. The fourth-order valence-electron chi connectivity index (χ4n) is 5.27. The molecule has 0 radical (unpaired) electrons. The van der Waals surface area contributed by atoms with Gasteiger partial charge in [-0.05, 0) is 50.8 Å². The number of aromatic nitrogens is 3. The second-order valence-corrected chi connectivity index (χ2v) is 13.4. The van der Waals surface area contributed by atoms with Crippen molar-refractivity contribution in [3.05, 3.63) is 35.5 Å². The van der Waals surface area contributed by atoms with Crippen LogP contribution in [-0.2, 0) is 47.5 Å². The number of oxime groups is 1. The number of carbonyl (C=O) groups is 3. The molecule has 4 N–H and O–H groups in total. The number of nitrogens with zero attached hydrogens (tertiary/aromatic N) is 5. The number of aryl methyl sites for hydroxylation is 1. The number of β-lactam (4-membered cyclic amide) rings is 1. The molecule has 242 valence electrons. The van der Waals surface area contributed by atoms with Crippen LogP contribution < -0.4 is 15.2 Å². The number of carboxylic acids is 1. The lowest BCUT2D eigenvalue weighted by Gasteiger charge is -2.50. The highest BCUT2D eigenvalue weighted by atomic mass is 32.3. The van der Waals surface area contributed by atoms with E-state index < -0.39 is 64.4 Å². The van der Waals surface area contributed by atoms with Crippen molar-refractivity contribution in [3.8, 4) is 5.75 Å². The minimum absolute atomic E-state index is 0.00656. The van der Waals surface area contributed by atoms with Crippen LogP contribution in [0, 0.1) is 11.8 Å². The van der Waals surface area contributed by atoms with Gasteiger partial charge in [-0.1, -0.05) is 11.6 Å². The van der Waals surface area contributed by atoms with Crippen molar-refractivity contribution in [1.29, 1.82) is 0 Å². The van der Waals surface area contributed by atoms with Gasteiger partial charge in [-0.2, -0.15) is 18.2 Å². The van der Waals surface area contributed by atoms with Crippen molar-refractivity contribution in [3.63, 3.8) is 0 Å². The number of hydroxylamine groups is 2. The van der Waals surface area contributed by atoms with Gasteiger partial charge in [0.2, 0.25) is 6.20 Å².